The van der Waals surface area contributed by atoms with Crippen molar-refractivity contribution in [3.05, 3.63) is 29.5 Å². The number of fused-ring (bicyclic) bond motifs is 1. The summed E-state index contributed by atoms with van der Waals surface area (Å²) in [5.74, 6) is -0.263. The number of carboxylic acid groups (broad SMARTS) is 1. The summed E-state index contributed by atoms with van der Waals surface area (Å²) in [6, 6.07) is 1.80. The van der Waals surface area contributed by atoms with Crippen molar-refractivity contribution in [1.82, 2.24) is 14.4 Å². The molecule has 15 heavy (non-hydrogen) atoms. The molecule has 0 aliphatic heterocycles. The van der Waals surface area contributed by atoms with E-state index in [0.717, 1.165) is 17.9 Å². The summed E-state index contributed by atoms with van der Waals surface area (Å²) >= 11 is 0. The minimum atomic E-state index is -1.02. The number of aryl methyl sites for hydroxylation is 2. The van der Waals surface area contributed by atoms with Crippen molar-refractivity contribution < 1.29 is 9.90 Å². The second-order valence-corrected chi connectivity index (χ2v) is 3.31. The maximum absolute atomic E-state index is 10.7. The molecular weight excluding hydrogens is 194 g/mol. The summed E-state index contributed by atoms with van der Waals surface area (Å²) in [4.78, 5) is 19.1. The first-order chi connectivity index (χ1) is 7.11. The van der Waals surface area contributed by atoms with Crippen molar-refractivity contribution in [2.75, 3.05) is 0 Å². The number of hydrogen-bond donors (Lipinski definition) is 1. The van der Waals surface area contributed by atoms with Crippen molar-refractivity contribution in [3.8, 4) is 0 Å². The molecule has 5 nitrogen and oxygen atoms in total. The maximum atomic E-state index is 10.7. The van der Waals surface area contributed by atoms with E-state index in [-0.39, 0.29) is 5.69 Å². The van der Waals surface area contributed by atoms with Crippen LogP contribution >= 0.6 is 0 Å². The summed E-state index contributed by atoms with van der Waals surface area (Å²) in [6.45, 7) is 3.83. The summed E-state index contributed by atoms with van der Waals surface area (Å²) in [6.07, 6.45) is 2.30. The fraction of sp³-hybridized carbons (Fsp3) is 0.300. The Hall–Kier alpha value is -1.91. The van der Waals surface area contributed by atoms with Crippen LogP contribution in [0, 0.1) is 6.92 Å². The lowest BCUT2D eigenvalue weighted by Gasteiger charge is -2.01. The number of nitrogens with zero attached hydrogens (tertiary/aromatic N) is 3. The van der Waals surface area contributed by atoms with E-state index < -0.39 is 5.97 Å². The zero-order valence-corrected chi connectivity index (χ0v) is 8.56. The van der Waals surface area contributed by atoms with Crippen molar-refractivity contribution in [3.63, 3.8) is 0 Å². The molecule has 2 heterocycles. The SMILES string of the molecule is CCc1cc2nc(C(=O)O)cn2c(C)n1. The van der Waals surface area contributed by atoms with E-state index in [1.807, 2.05) is 13.8 Å². The van der Waals surface area contributed by atoms with Gasteiger partial charge < -0.3 is 5.11 Å². The molecule has 5 heteroatoms. The molecule has 0 unspecified atom stereocenters. The number of imidazole rings is 1. The van der Waals surface area contributed by atoms with E-state index in [1.54, 1.807) is 10.5 Å². The van der Waals surface area contributed by atoms with Gasteiger partial charge in [-0.05, 0) is 13.3 Å². The van der Waals surface area contributed by atoms with E-state index in [9.17, 15) is 4.79 Å². The summed E-state index contributed by atoms with van der Waals surface area (Å²) < 4.78 is 1.68. The molecule has 0 aliphatic carbocycles. The molecule has 0 spiro atoms. The van der Waals surface area contributed by atoms with Crippen LogP contribution in [0.2, 0.25) is 0 Å². The number of rotatable bonds is 2. The molecule has 0 atom stereocenters. The highest BCUT2D eigenvalue weighted by molar-refractivity contribution is 5.86. The van der Waals surface area contributed by atoms with E-state index >= 15 is 0 Å². The summed E-state index contributed by atoms with van der Waals surface area (Å²) in [5.41, 5.74) is 1.60. The molecule has 0 fully saturated rings. The second kappa shape index (κ2) is 3.34. The maximum Gasteiger partial charge on any atom is 0.356 e. The van der Waals surface area contributed by atoms with Gasteiger partial charge >= 0.3 is 5.97 Å². The Balaban J connectivity index is 2.69. The second-order valence-electron chi connectivity index (χ2n) is 3.31. The lowest BCUT2D eigenvalue weighted by atomic mass is 10.3. The Kier molecular flexibility index (Phi) is 2.15. The van der Waals surface area contributed by atoms with Gasteiger partial charge in [-0.15, -0.1) is 0 Å². The highest BCUT2D eigenvalue weighted by Gasteiger charge is 2.10. The third-order valence-corrected chi connectivity index (χ3v) is 2.26. The molecule has 2 rings (SSSR count). The molecule has 0 saturated carbocycles. The standard InChI is InChI=1S/C10H11N3O2/c1-3-7-4-9-12-8(10(14)15)5-13(9)6(2)11-7/h4-5H,3H2,1-2H3,(H,14,15). The van der Waals surface area contributed by atoms with Gasteiger partial charge in [-0.2, -0.15) is 0 Å². The summed E-state index contributed by atoms with van der Waals surface area (Å²) in [5, 5.41) is 8.81. The molecule has 0 amide bonds. The highest BCUT2D eigenvalue weighted by Crippen LogP contribution is 2.09. The first-order valence-corrected chi connectivity index (χ1v) is 4.70. The van der Waals surface area contributed by atoms with Gasteiger partial charge in [0.2, 0.25) is 0 Å². The van der Waals surface area contributed by atoms with E-state index in [2.05, 4.69) is 9.97 Å². The van der Waals surface area contributed by atoms with Crippen LogP contribution in [0.1, 0.15) is 28.9 Å². The fourth-order valence-corrected chi connectivity index (χ4v) is 1.48. The minimum Gasteiger partial charge on any atom is -0.476 e. The van der Waals surface area contributed by atoms with Gasteiger partial charge in [-0.1, -0.05) is 6.92 Å². The Morgan fingerprint density at radius 3 is 2.87 bits per heavy atom. The Morgan fingerprint density at radius 1 is 1.53 bits per heavy atom. The van der Waals surface area contributed by atoms with E-state index in [0.29, 0.717) is 5.65 Å². The van der Waals surface area contributed by atoms with Gasteiger partial charge in [-0.25, -0.2) is 14.8 Å². The largest absolute Gasteiger partial charge is 0.476 e. The molecular formula is C10H11N3O2. The number of aromatic carboxylic acids is 1. The molecule has 0 radical (unpaired) electrons. The van der Waals surface area contributed by atoms with E-state index in [4.69, 9.17) is 5.11 Å². The number of carboxylic acids is 1. The van der Waals surface area contributed by atoms with Crippen molar-refractivity contribution in [2.24, 2.45) is 0 Å². The Morgan fingerprint density at radius 2 is 2.27 bits per heavy atom. The normalized spacial score (nSPS) is 10.8. The van der Waals surface area contributed by atoms with Crippen molar-refractivity contribution >= 4 is 11.6 Å². The average molecular weight is 205 g/mol. The predicted molar refractivity (Wildman–Crippen MR) is 54.1 cm³/mol. The zero-order chi connectivity index (χ0) is 11.0. The smallest absolute Gasteiger partial charge is 0.356 e. The van der Waals surface area contributed by atoms with Crippen LogP contribution in [0.4, 0.5) is 0 Å². The number of carbonyl (C=O) groups is 1. The van der Waals surface area contributed by atoms with Crippen LogP contribution in [0.25, 0.3) is 5.65 Å². The van der Waals surface area contributed by atoms with Gasteiger partial charge in [0.25, 0.3) is 0 Å². The fourth-order valence-electron chi connectivity index (χ4n) is 1.48. The Bertz CT molecular complexity index is 531. The first-order valence-electron chi connectivity index (χ1n) is 4.70. The van der Waals surface area contributed by atoms with Crippen LogP contribution in [0.3, 0.4) is 0 Å². The minimum absolute atomic E-state index is 0.0492. The predicted octanol–water partition coefficient (Wildman–Crippen LogP) is 1.30. The van der Waals surface area contributed by atoms with Crippen LogP contribution in [-0.4, -0.2) is 25.4 Å². The molecule has 78 valence electrons. The first kappa shape index (κ1) is 9.64. The quantitative estimate of drug-likeness (QED) is 0.802. The molecule has 0 aromatic carbocycles. The molecule has 2 aromatic rings. The summed E-state index contributed by atoms with van der Waals surface area (Å²) in [7, 11) is 0. The van der Waals surface area contributed by atoms with Gasteiger partial charge in [-0.3, -0.25) is 4.40 Å². The van der Waals surface area contributed by atoms with Gasteiger partial charge in [0, 0.05) is 18.0 Å². The van der Waals surface area contributed by atoms with Gasteiger partial charge in [0.15, 0.2) is 5.69 Å². The topological polar surface area (TPSA) is 67.5 Å². The highest BCUT2D eigenvalue weighted by atomic mass is 16.4. The zero-order valence-electron chi connectivity index (χ0n) is 8.56. The molecule has 0 saturated heterocycles. The number of aromatic nitrogens is 3. The molecule has 0 aliphatic rings. The monoisotopic (exact) mass is 205 g/mol. The average Bonchev–Trinajstić information content (AvgIpc) is 2.61. The van der Waals surface area contributed by atoms with Crippen LogP contribution in [0.15, 0.2) is 12.3 Å². The number of hydrogen-bond acceptors (Lipinski definition) is 3. The van der Waals surface area contributed by atoms with Crippen LogP contribution < -0.4 is 0 Å². The third-order valence-electron chi connectivity index (χ3n) is 2.26. The molecule has 2 aromatic heterocycles. The van der Waals surface area contributed by atoms with Crippen LogP contribution in [0.5, 0.6) is 0 Å². The third kappa shape index (κ3) is 1.56. The van der Waals surface area contributed by atoms with E-state index in [1.165, 1.54) is 6.20 Å². The lowest BCUT2D eigenvalue weighted by molar-refractivity contribution is 0.0691. The van der Waals surface area contributed by atoms with Gasteiger partial charge in [0.05, 0.1) is 0 Å². The van der Waals surface area contributed by atoms with Gasteiger partial charge in [0.1, 0.15) is 11.5 Å². The Labute approximate surface area is 86.4 Å². The van der Waals surface area contributed by atoms with Crippen LogP contribution in [-0.2, 0) is 6.42 Å². The molecule has 1 N–H and O–H groups in total. The molecule has 0 bridgehead atoms. The lowest BCUT2D eigenvalue weighted by Crippen LogP contribution is -1.98. The van der Waals surface area contributed by atoms with Crippen molar-refractivity contribution in [2.45, 2.75) is 20.3 Å². The van der Waals surface area contributed by atoms with Crippen molar-refractivity contribution in [1.29, 1.82) is 0 Å².